The van der Waals surface area contributed by atoms with Crippen LogP contribution in [0.4, 0.5) is 14.5 Å². The predicted molar refractivity (Wildman–Crippen MR) is 85.1 cm³/mol. The van der Waals surface area contributed by atoms with Crippen LogP contribution in [0.1, 0.15) is 26.2 Å². The van der Waals surface area contributed by atoms with Crippen molar-refractivity contribution in [3.63, 3.8) is 0 Å². The summed E-state index contributed by atoms with van der Waals surface area (Å²) in [4.78, 5) is 12.5. The number of carbonyl (C=O) groups excluding carboxylic acids is 1. The number of sulfonamides is 1. The van der Waals surface area contributed by atoms with E-state index in [4.69, 9.17) is 0 Å². The number of anilines is 1. The maximum absolute atomic E-state index is 13.0. The minimum absolute atomic E-state index is 0.0180. The number of halogens is 2. The summed E-state index contributed by atoms with van der Waals surface area (Å²) in [6.07, 6.45) is -2.27. The summed E-state index contributed by atoms with van der Waals surface area (Å²) < 4.78 is 60.4. The fourth-order valence-corrected chi connectivity index (χ4v) is 4.71. The van der Waals surface area contributed by atoms with Crippen LogP contribution in [0, 0.1) is 0 Å². The quantitative estimate of drug-likeness (QED) is 0.851. The first-order chi connectivity index (χ1) is 11.7. The van der Waals surface area contributed by atoms with Gasteiger partial charge < -0.3 is 14.8 Å². The number of hydrogen-bond donors (Lipinski definition) is 1. The molecule has 1 fully saturated rings. The molecule has 2 aliphatic heterocycles. The number of carbonyl (C=O) groups is 1. The number of benzene rings is 1. The molecule has 0 spiro atoms. The van der Waals surface area contributed by atoms with E-state index >= 15 is 0 Å². The van der Waals surface area contributed by atoms with Crippen molar-refractivity contribution in [3.05, 3.63) is 18.2 Å². The zero-order chi connectivity index (χ0) is 18.2. The average molecular weight is 376 g/mol. The summed E-state index contributed by atoms with van der Waals surface area (Å²) in [6, 6.07) is 3.06. The van der Waals surface area contributed by atoms with Gasteiger partial charge in [0.25, 0.3) is 0 Å². The van der Waals surface area contributed by atoms with Gasteiger partial charge in [-0.3, -0.25) is 4.79 Å². The Hall–Kier alpha value is -1.94. The van der Waals surface area contributed by atoms with Gasteiger partial charge in [0.05, 0.1) is 5.75 Å². The first-order valence-corrected chi connectivity index (χ1v) is 9.53. The maximum Gasteiger partial charge on any atom is 0.586 e. The molecule has 0 saturated carbocycles. The topological polar surface area (TPSA) is 84.9 Å². The minimum Gasteiger partial charge on any atom is -0.395 e. The summed E-state index contributed by atoms with van der Waals surface area (Å²) in [7, 11) is -3.49. The highest BCUT2D eigenvalue weighted by Crippen LogP contribution is 2.42. The molecule has 10 heteroatoms. The van der Waals surface area contributed by atoms with Gasteiger partial charge in [0, 0.05) is 18.3 Å². The van der Waals surface area contributed by atoms with Crippen LogP contribution < -0.4 is 14.8 Å². The van der Waals surface area contributed by atoms with E-state index in [2.05, 4.69) is 14.8 Å². The van der Waals surface area contributed by atoms with Gasteiger partial charge in [0.1, 0.15) is 6.04 Å². The summed E-state index contributed by atoms with van der Waals surface area (Å²) in [6.45, 7) is 2.05. The molecule has 0 aromatic heterocycles. The molecule has 3 rings (SSSR count). The molecule has 138 valence electrons. The Morgan fingerprint density at radius 2 is 2.08 bits per heavy atom. The highest BCUT2D eigenvalue weighted by Gasteiger charge is 2.43. The third-order valence-electron chi connectivity index (χ3n) is 3.99. The lowest BCUT2D eigenvalue weighted by molar-refractivity contribution is -0.286. The number of fused-ring (bicyclic) bond motifs is 1. The third-order valence-corrected chi connectivity index (χ3v) is 6.07. The summed E-state index contributed by atoms with van der Waals surface area (Å²) in [5.41, 5.74) is 0.227. The number of hydrogen-bond acceptors (Lipinski definition) is 5. The normalized spacial score (nSPS) is 22.1. The molecule has 1 amide bonds. The molecule has 1 unspecified atom stereocenters. The van der Waals surface area contributed by atoms with Crippen molar-refractivity contribution in [1.29, 1.82) is 0 Å². The molecular weight excluding hydrogens is 358 g/mol. The molecule has 0 aliphatic carbocycles. The molecule has 1 aromatic rings. The van der Waals surface area contributed by atoms with E-state index in [1.54, 1.807) is 6.92 Å². The second-order valence-electron chi connectivity index (χ2n) is 5.90. The third kappa shape index (κ3) is 3.69. The average Bonchev–Trinajstić information content (AvgIpc) is 3.09. The smallest absolute Gasteiger partial charge is 0.395 e. The van der Waals surface area contributed by atoms with Crippen molar-refractivity contribution in [2.24, 2.45) is 0 Å². The molecule has 2 heterocycles. The van der Waals surface area contributed by atoms with Crippen LogP contribution in [0.15, 0.2) is 18.2 Å². The molecule has 1 atom stereocenters. The van der Waals surface area contributed by atoms with E-state index < -0.39 is 28.3 Å². The first-order valence-electron chi connectivity index (χ1n) is 7.92. The van der Waals surface area contributed by atoms with E-state index in [-0.39, 0.29) is 22.9 Å². The fourth-order valence-electron chi connectivity index (χ4n) is 2.96. The van der Waals surface area contributed by atoms with Crippen molar-refractivity contribution in [3.8, 4) is 11.5 Å². The minimum atomic E-state index is -3.73. The van der Waals surface area contributed by atoms with Crippen LogP contribution in [-0.4, -0.2) is 43.3 Å². The van der Waals surface area contributed by atoms with Gasteiger partial charge in [-0.25, -0.2) is 8.42 Å². The molecule has 0 bridgehead atoms. The van der Waals surface area contributed by atoms with Crippen LogP contribution in [0.5, 0.6) is 11.5 Å². The molecular formula is C15H18F2N2O5S. The first kappa shape index (κ1) is 17.9. The Morgan fingerprint density at radius 1 is 1.36 bits per heavy atom. The monoisotopic (exact) mass is 376 g/mol. The predicted octanol–water partition coefficient (Wildman–Crippen LogP) is 2.15. The van der Waals surface area contributed by atoms with Crippen molar-refractivity contribution in [1.82, 2.24) is 4.31 Å². The van der Waals surface area contributed by atoms with Crippen molar-refractivity contribution in [2.45, 2.75) is 38.5 Å². The number of nitrogens with one attached hydrogen (secondary N) is 1. The lowest BCUT2D eigenvalue weighted by Crippen LogP contribution is -2.44. The molecule has 7 nitrogen and oxygen atoms in total. The Bertz CT molecular complexity index is 784. The Balaban J connectivity index is 1.73. The van der Waals surface area contributed by atoms with E-state index in [1.807, 2.05) is 0 Å². The molecule has 1 N–H and O–H groups in total. The number of alkyl halides is 2. The molecule has 2 aliphatic rings. The van der Waals surface area contributed by atoms with Crippen LogP contribution in [0.2, 0.25) is 0 Å². The maximum atomic E-state index is 13.0. The lowest BCUT2D eigenvalue weighted by Gasteiger charge is -2.23. The Morgan fingerprint density at radius 3 is 2.80 bits per heavy atom. The van der Waals surface area contributed by atoms with E-state index in [9.17, 15) is 22.0 Å². The standard InChI is InChI=1S/C15H18F2N2O5S/c1-2-8-25(21,22)19-7-3-4-11(19)14(20)18-10-5-6-12-13(9-10)24-15(16,17)23-12/h5-6,9,11H,2-4,7-8H2,1H3,(H,18,20). The van der Waals surface area contributed by atoms with Crippen molar-refractivity contribution >= 4 is 21.6 Å². The Kier molecular flexibility index (Phi) is 4.58. The van der Waals surface area contributed by atoms with E-state index in [0.717, 1.165) is 0 Å². The van der Waals surface area contributed by atoms with Gasteiger partial charge in [-0.1, -0.05) is 6.92 Å². The highest BCUT2D eigenvalue weighted by molar-refractivity contribution is 7.89. The van der Waals surface area contributed by atoms with Crippen LogP contribution in [0.3, 0.4) is 0 Å². The van der Waals surface area contributed by atoms with E-state index in [0.29, 0.717) is 25.8 Å². The van der Waals surface area contributed by atoms with Gasteiger partial charge in [-0.05, 0) is 31.4 Å². The van der Waals surface area contributed by atoms with Gasteiger partial charge in [0.15, 0.2) is 11.5 Å². The zero-order valence-corrected chi connectivity index (χ0v) is 14.3. The second kappa shape index (κ2) is 6.41. The number of ether oxygens (including phenoxy) is 2. The lowest BCUT2D eigenvalue weighted by atomic mass is 10.2. The molecule has 1 aromatic carbocycles. The second-order valence-corrected chi connectivity index (χ2v) is 7.94. The summed E-state index contributed by atoms with van der Waals surface area (Å²) >= 11 is 0. The zero-order valence-electron chi connectivity index (χ0n) is 13.5. The van der Waals surface area contributed by atoms with Crippen LogP contribution in [0.25, 0.3) is 0 Å². The van der Waals surface area contributed by atoms with Gasteiger partial charge in [0.2, 0.25) is 15.9 Å². The summed E-state index contributed by atoms with van der Waals surface area (Å²) in [5.74, 6) is -0.834. The highest BCUT2D eigenvalue weighted by atomic mass is 32.2. The van der Waals surface area contributed by atoms with Gasteiger partial charge in [-0.2, -0.15) is 4.31 Å². The van der Waals surface area contributed by atoms with Gasteiger partial charge in [-0.15, -0.1) is 8.78 Å². The van der Waals surface area contributed by atoms with E-state index in [1.165, 1.54) is 22.5 Å². The van der Waals surface area contributed by atoms with Crippen LogP contribution in [-0.2, 0) is 14.8 Å². The molecule has 0 radical (unpaired) electrons. The van der Waals surface area contributed by atoms with Crippen LogP contribution >= 0.6 is 0 Å². The number of nitrogens with zero attached hydrogens (tertiary/aromatic N) is 1. The number of rotatable bonds is 5. The SMILES string of the molecule is CCCS(=O)(=O)N1CCCC1C(=O)Nc1ccc2c(c1)OC(F)(F)O2. The van der Waals surface area contributed by atoms with Crippen molar-refractivity contribution in [2.75, 3.05) is 17.6 Å². The molecule has 25 heavy (non-hydrogen) atoms. The van der Waals surface area contributed by atoms with Crippen molar-refractivity contribution < 1.29 is 31.5 Å². The van der Waals surface area contributed by atoms with Gasteiger partial charge >= 0.3 is 6.29 Å². The summed E-state index contributed by atoms with van der Waals surface area (Å²) in [5, 5.41) is 2.56. The number of amides is 1. The largest absolute Gasteiger partial charge is 0.586 e. The fraction of sp³-hybridized carbons (Fsp3) is 0.533. The molecule has 1 saturated heterocycles. The Labute approximate surface area is 143 Å².